The first kappa shape index (κ1) is 23.2. The molecular weight excluding hydrogens is 471 g/mol. The maximum absolute atomic E-state index is 12.0. The Morgan fingerprint density at radius 2 is 2.12 bits per heavy atom. The molecule has 1 aliphatic rings. The second kappa shape index (κ2) is 12.5. The maximum Gasteiger partial charge on any atom is 0.213 e. The average Bonchev–Trinajstić information content (AvgIpc) is 3.13. The van der Waals surface area contributed by atoms with Crippen LogP contribution in [0.3, 0.4) is 0 Å². The Hall–Kier alpha value is -0.850. The fraction of sp³-hybridized carbons (Fsp3) is 0.688. The molecule has 0 radical (unpaired) electrons. The Labute approximate surface area is 172 Å². The third-order valence-electron chi connectivity index (χ3n) is 3.94. The van der Waals surface area contributed by atoms with Gasteiger partial charge in [-0.25, -0.2) is 13.1 Å². The van der Waals surface area contributed by atoms with Crippen LogP contribution in [0.5, 0.6) is 0 Å². The number of nitrogens with zero attached hydrogens (tertiary/aromatic N) is 1. The van der Waals surface area contributed by atoms with Gasteiger partial charge in [0.05, 0.1) is 18.1 Å². The van der Waals surface area contributed by atoms with Gasteiger partial charge in [-0.3, -0.25) is 4.99 Å². The Bertz CT molecular complexity index is 616. The van der Waals surface area contributed by atoms with Crippen LogP contribution in [-0.4, -0.2) is 59.5 Å². The van der Waals surface area contributed by atoms with E-state index in [-0.39, 0.29) is 42.4 Å². The Balaban J connectivity index is 0.00000338. The van der Waals surface area contributed by atoms with Crippen molar-refractivity contribution in [2.24, 2.45) is 4.99 Å². The lowest BCUT2D eigenvalue weighted by molar-refractivity contribution is 0.0200. The molecule has 0 spiro atoms. The summed E-state index contributed by atoms with van der Waals surface area (Å²) in [6.07, 6.45) is 5.42. The smallest absolute Gasteiger partial charge is 0.213 e. The summed E-state index contributed by atoms with van der Waals surface area (Å²) in [5.41, 5.74) is 0. The number of aliphatic imine (C=N–C) groups is 1. The van der Waals surface area contributed by atoms with E-state index < -0.39 is 10.0 Å². The van der Waals surface area contributed by atoms with Crippen LogP contribution in [0.1, 0.15) is 25.0 Å². The molecule has 1 unspecified atom stereocenters. The third-order valence-corrected chi connectivity index (χ3v) is 5.28. The van der Waals surface area contributed by atoms with Gasteiger partial charge in [-0.05, 0) is 31.4 Å². The van der Waals surface area contributed by atoms with Crippen molar-refractivity contribution in [3.63, 3.8) is 0 Å². The van der Waals surface area contributed by atoms with E-state index in [1.54, 1.807) is 13.3 Å². The first-order valence-electron chi connectivity index (χ1n) is 8.65. The van der Waals surface area contributed by atoms with Crippen LogP contribution in [-0.2, 0) is 21.2 Å². The standard InChI is InChI=1S/C16H28N4O4S.HI/c1-17-16(18-8-7-14-6-4-11-23-14)19-9-12-25(21,22)20-13-15-5-2-3-10-24-15;/h4,6,11,15,20H,2-3,5,7-10,12-13H2,1H3,(H2,17,18,19);1H. The highest BCUT2D eigenvalue weighted by atomic mass is 127. The minimum absolute atomic E-state index is 0. The van der Waals surface area contributed by atoms with Crippen molar-refractivity contribution in [1.29, 1.82) is 0 Å². The van der Waals surface area contributed by atoms with Crippen molar-refractivity contribution in [1.82, 2.24) is 15.4 Å². The monoisotopic (exact) mass is 500 g/mol. The number of rotatable bonds is 9. The van der Waals surface area contributed by atoms with E-state index in [4.69, 9.17) is 9.15 Å². The van der Waals surface area contributed by atoms with Gasteiger partial charge in [-0.1, -0.05) is 0 Å². The molecule has 2 rings (SSSR count). The van der Waals surface area contributed by atoms with Gasteiger partial charge in [0.1, 0.15) is 5.76 Å². The van der Waals surface area contributed by atoms with Gasteiger partial charge in [-0.15, -0.1) is 24.0 Å². The van der Waals surface area contributed by atoms with E-state index in [1.807, 2.05) is 12.1 Å². The first-order chi connectivity index (χ1) is 12.1. The zero-order valence-corrected chi connectivity index (χ0v) is 18.2. The van der Waals surface area contributed by atoms with Crippen LogP contribution in [0.25, 0.3) is 0 Å². The summed E-state index contributed by atoms with van der Waals surface area (Å²) in [7, 11) is -1.68. The van der Waals surface area contributed by atoms with E-state index in [0.717, 1.165) is 31.4 Å². The molecule has 1 aromatic rings. The molecular formula is C16H29IN4O4S. The van der Waals surface area contributed by atoms with Crippen LogP contribution in [0.15, 0.2) is 27.8 Å². The predicted molar refractivity (Wildman–Crippen MR) is 113 cm³/mol. The lowest BCUT2D eigenvalue weighted by Gasteiger charge is -2.22. The molecule has 0 aromatic carbocycles. The predicted octanol–water partition coefficient (Wildman–Crippen LogP) is 1.09. The van der Waals surface area contributed by atoms with Crippen LogP contribution < -0.4 is 15.4 Å². The molecule has 3 N–H and O–H groups in total. The number of nitrogens with one attached hydrogen (secondary N) is 3. The molecule has 26 heavy (non-hydrogen) atoms. The molecule has 150 valence electrons. The molecule has 1 fully saturated rings. The lowest BCUT2D eigenvalue weighted by Crippen LogP contribution is -2.43. The number of guanidine groups is 1. The summed E-state index contributed by atoms with van der Waals surface area (Å²) in [5, 5.41) is 6.12. The summed E-state index contributed by atoms with van der Waals surface area (Å²) < 4.78 is 37.5. The van der Waals surface area contributed by atoms with Crippen LogP contribution in [0.4, 0.5) is 0 Å². The molecule has 0 bridgehead atoms. The average molecular weight is 500 g/mol. The van der Waals surface area contributed by atoms with Gasteiger partial charge in [0.15, 0.2) is 5.96 Å². The highest BCUT2D eigenvalue weighted by Gasteiger charge is 2.17. The van der Waals surface area contributed by atoms with Crippen molar-refractivity contribution in [2.45, 2.75) is 31.8 Å². The first-order valence-corrected chi connectivity index (χ1v) is 10.3. The number of halogens is 1. The summed E-state index contributed by atoms with van der Waals surface area (Å²) in [5.74, 6) is 1.44. The molecule has 0 aliphatic carbocycles. The van der Waals surface area contributed by atoms with Gasteiger partial charge in [0, 0.05) is 39.7 Å². The molecule has 1 aromatic heterocycles. The minimum Gasteiger partial charge on any atom is -0.469 e. The van der Waals surface area contributed by atoms with Crippen molar-refractivity contribution >= 4 is 40.0 Å². The Morgan fingerprint density at radius 3 is 2.77 bits per heavy atom. The van der Waals surface area contributed by atoms with E-state index >= 15 is 0 Å². The Kier molecular flexibility index (Phi) is 11.2. The van der Waals surface area contributed by atoms with Crippen LogP contribution >= 0.6 is 24.0 Å². The van der Waals surface area contributed by atoms with E-state index in [2.05, 4.69) is 20.3 Å². The summed E-state index contributed by atoms with van der Waals surface area (Å²) in [6.45, 7) is 1.99. The number of hydrogen-bond donors (Lipinski definition) is 3. The second-order valence-corrected chi connectivity index (χ2v) is 7.84. The fourth-order valence-corrected chi connectivity index (χ4v) is 3.50. The summed E-state index contributed by atoms with van der Waals surface area (Å²) in [4.78, 5) is 4.07. The van der Waals surface area contributed by atoms with Gasteiger partial charge in [0.25, 0.3) is 0 Å². The summed E-state index contributed by atoms with van der Waals surface area (Å²) >= 11 is 0. The fourth-order valence-electron chi connectivity index (χ4n) is 2.54. The van der Waals surface area contributed by atoms with Gasteiger partial charge in [-0.2, -0.15) is 0 Å². The van der Waals surface area contributed by atoms with Crippen molar-refractivity contribution < 1.29 is 17.6 Å². The number of ether oxygens (including phenoxy) is 1. The van der Waals surface area contributed by atoms with Crippen molar-refractivity contribution in [3.05, 3.63) is 24.2 Å². The molecule has 2 heterocycles. The molecule has 10 heteroatoms. The zero-order valence-electron chi connectivity index (χ0n) is 15.1. The maximum atomic E-state index is 12.0. The van der Waals surface area contributed by atoms with Crippen LogP contribution in [0, 0.1) is 0 Å². The van der Waals surface area contributed by atoms with E-state index in [9.17, 15) is 8.42 Å². The van der Waals surface area contributed by atoms with Crippen LogP contribution in [0.2, 0.25) is 0 Å². The zero-order chi connectivity index (χ0) is 18.0. The number of hydrogen-bond acceptors (Lipinski definition) is 5. The van der Waals surface area contributed by atoms with Gasteiger partial charge < -0.3 is 19.8 Å². The molecule has 8 nitrogen and oxygen atoms in total. The summed E-state index contributed by atoms with van der Waals surface area (Å²) in [6, 6.07) is 3.75. The molecule has 1 atom stereocenters. The third kappa shape index (κ3) is 9.19. The largest absolute Gasteiger partial charge is 0.469 e. The van der Waals surface area contributed by atoms with Gasteiger partial charge in [0.2, 0.25) is 10.0 Å². The van der Waals surface area contributed by atoms with E-state index in [1.165, 1.54) is 0 Å². The van der Waals surface area contributed by atoms with Crippen molar-refractivity contribution in [2.75, 3.05) is 39.0 Å². The lowest BCUT2D eigenvalue weighted by atomic mass is 10.1. The highest BCUT2D eigenvalue weighted by Crippen LogP contribution is 2.11. The quantitative estimate of drug-likeness (QED) is 0.267. The topological polar surface area (TPSA) is 105 Å². The van der Waals surface area contributed by atoms with Gasteiger partial charge >= 0.3 is 0 Å². The number of sulfonamides is 1. The molecule has 1 saturated heterocycles. The second-order valence-electron chi connectivity index (χ2n) is 5.91. The molecule has 0 saturated carbocycles. The van der Waals surface area contributed by atoms with Crippen molar-refractivity contribution in [3.8, 4) is 0 Å². The number of furan rings is 1. The van der Waals surface area contributed by atoms with E-state index in [0.29, 0.717) is 25.7 Å². The minimum atomic E-state index is -3.33. The normalized spacial score (nSPS) is 18.2. The Morgan fingerprint density at radius 1 is 1.31 bits per heavy atom. The SMILES string of the molecule is CN=C(NCCc1ccco1)NCCS(=O)(=O)NCC1CCCCO1.I. The molecule has 1 aliphatic heterocycles. The highest BCUT2D eigenvalue weighted by molar-refractivity contribution is 14.0. The molecule has 0 amide bonds.